The molecule has 3 atom stereocenters. The largest absolute Gasteiger partial charge is 0.481 e. The van der Waals surface area contributed by atoms with Gasteiger partial charge in [-0.3, -0.25) is 14.6 Å². The van der Waals surface area contributed by atoms with Gasteiger partial charge in [-0.15, -0.1) is 11.8 Å². The third-order valence-corrected chi connectivity index (χ3v) is 7.73. The lowest BCUT2D eigenvalue weighted by atomic mass is 9.78. The monoisotopic (exact) mass is 412 g/mol. The topological polar surface area (TPSA) is 79.3 Å². The highest BCUT2D eigenvalue weighted by molar-refractivity contribution is 8.00. The minimum absolute atomic E-state index is 0.0333. The normalized spacial score (nSPS) is 23.7. The van der Waals surface area contributed by atoms with Gasteiger partial charge >= 0.3 is 5.97 Å². The van der Waals surface area contributed by atoms with Crippen LogP contribution in [0.4, 0.5) is 0 Å². The number of hydrogen-bond donors (Lipinski definition) is 2. The smallest absolute Gasteiger partial charge is 0.313 e. The van der Waals surface area contributed by atoms with Crippen LogP contribution < -0.4 is 5.32 Å². The van der Waals surface area contributed by atoms with Gasteiger partial charge < -0.3 is 10.4 Å². The van der Waals surface area contributed by atoms with Gasteiger partial charge in [-0.05, 0) is 55.2 Å². The van der Waals surface area contributed by atoms with Crippen molar-refractivity contribution in [3.63, 3.8) is 0 Å². The van der Waals surface area contributed by atoms with Crippen LogP contribution in [0.15, 0.2) is 23.1 Å². The van der Waals surface area contributed by atoms with Crippen molar-refractivity contribution in [3.05, 3.63) is 35.0 Å². The highest BCUT2D eigenvalue weighted by Crippen LogP contribution is 2.37. The molecule has 1 heterocycles. The highest BCUT2D eigenvalue weighted by atomic mass is 32.2. The fourth-order valence-corrected chi connectivity index (χ4v) is 5.69. The lowest BCUT2D eigenvalue weighted by Gasteiger charge is -2.34. The summed E-state index contributed by atoms with van der Waals surface area (Å²) < 4.78 is 0. The molecule has 1 aromatic carbocycles. The van der Waals surface area contributed by atoms with Crippen molar-refractivity contribution in [2.24, 2.45) is 11.8 Å². The van der Waals surface area contributed by atoms with Gasteiger partial charge in [-0.2, -0.15) is 0 Å². The lowest BCUT2D eigenvalue weighted by molar-refractivity contribution is -0.133. The van der Waals surface area contributed by atoms with E-state index in [1.54, 1.807) is 0 Å². The number of carbonyl (C=O) groups excluding carboxylic acids is 1. The molecule has 1 fully saturated rings. The lowest BCUT2D eigenvalue weighted by Crippen LogP contribution is -2.43. The van der Waals surface area contributed by atoms with Crippen molar-refractivity contribution in [2.75, 3.05) is 5.75 Å². The maximum atomic E-state index is 12.9. The van der Waals surface area contributed by atoms with Crippen LogP contribution in [0.3, 0.4) is 0 Å². The first-order valence-electron chi connectivity index (χ1n) is 10.5. The number of carboxylic acids is 1. The Balaban J connectivity index is 1.63. The molecule has 2 N–H and O–H groups in total. The SMILES string of the molecule is C[C@H]1[C@H](C)CCC[C@H]1NC(=O)c1ccc2c(SCC(=O)O)c3c(nc2c1)CCC3. The van der Waals surface area contributed by atoms with E-state index in [0.29, 0.717) is 17.4 Å². The fourth-order valence-electron chi connectivity index (χ4n) is 4.70. The Morgan fingerprint density at radius 1 is 1.21 bits per heavy atom. The Morgan fingerprint density at radius 3 is 2.83 bits per heavy atom. The zero-order valence-corrected chi connectivity index (χ0v) is 17.8. The van der Waals surface area contributed by atoms with Crippen LogP contribution >= 0.6 is 11.8 Å². The van der Waals surface area contributed by atoms with E-state index >= 15 is 0 Å². The summed E-state index contributed by atoms with van der Waals surface area (Å²) in [5, 5.41) is 13.3. The van der Waals surface area contributed by atoms with Gasteiger partial charge in [0, 0.05) is 27.6 Å². The summed E-state index contributed by atoms with van der Waals surface area (Å²) in [5.41, 5.74) is 3.66. The first-order chi connectivity index (χ1) is 13.9. The summed E-state index contributed by atoms with van der Waals surface area (Å²) in [6.45, 7) is 4.49. The minimum Gasteiger partial charge on any atom is -0.481 e. The van der Waals surface area contributed by atoms with Crippen LogP contribution in [0.25, 0.3) is 10.9 Å². The van der Waals surface area contributed by atoms with Crippen LogP contribution in [-0.2, 0) is 17.6 Å². The van der Waals surface area contributed by atoms with E-state index in [1.165, 1.54) is 23.7 Å². The molecule has 2 aromatic rings. The summed E-state index contributed by atoms with van der Waals surface area (Å²) in [6.07, 6.45) is 6.33. The number of carbonyl (C=O) groups is 2. The summed E-state index contributed by atoms with van der Waals surface area (Å²) >= 11 is 1.37. The minimum atomic E-state index is -0.821. The number of hydrogen-bond acceptors (Lipinski definition) is 4. The summed E-state index contributed by atoms with van der Waals surface area (Å²) in [4.78, 5) is 29.9. The molecule has 2 aliphatic carbocycles. The molecule has 1 saturated carbocycles. The molecular weight excluding hydrogens is 384 g/mol. The quantitative estimate of drug-likeness (QED) is 0.709. The molecule has 0 unspecified atom stereocenters. The molecule has 5 nitrogen and oxygen atoms in total. The highest BCUT2D eigenvalue weighted by Gasteiger charge is 2.28. The van der Waals surface area contributed by atoms with Gasteiger partial charge in [-0.1, -0.05) is 32.8 Å². The number of aliphatic carboxylic acids is 1. The maximum absolute atomic E-state index is 12.9. The molecule has 4 rings (SSSR count). The van der Waals surface area contributed by atoms with E-state index in [9.17, 15) is 9.59 Å². The van der Waals surface area contributed by atoms with Crippen molar-refractivity contribution in [1.82, 2.24) is 10.3 Å². The number of aryl methyl sites for hydroxylation is 1. The second-order valence-electron chi connectivity index (χ2n) is 8.48. The number of benzene rings is 1. The number of aromatic nitrogens is 1. The van der Waals surface area contributed by atoms with E-state index in [4.69, 9.17) is 10.1 Å². The molecule has 29 heavy (non-hydrogen) atoms. The number of thioether (sulfide) groups is 1. The predicted molar refractivity (Wildman–Crippen MR) is 116 cm³/mol. The van der Waals surface area contributed by atoms with Crippen LogP contribution in [0, 0.1) is 11.8 Å². The summed E-state index contributed by atoms with van der Waals surface area (Å²) in [7, 11) is 0. The molecule has 6 heteroatoms. The Kier molecular flexibility index (Phi) is 5.81. The average Bonchev–Trinajstić information content (AvgIpc) is 3.16. The molecule has 0 aliphatic heterocycles. The maximum Gasteiger partial charge on any atom is 0.313 e. The first-order valence-corrected chi connectivity index (χ1v) is 11.5. The van der Waals surface area contributed by atoms with Gasteiger partial charge in [0.2, 0.25) is 0 Å². The Hall–Kier alpha value is -2.08. The van der Waals surface area contributed by atoms with Crippen LogP contribution in [0.1, 0.15) is 61.1 Å². The number of fused-ring (bicyclic) bond motifs is 2. The molecule has 2 aliphatic rings. The second kappa shape index (κ2) is 8.34. The van der Waals surface area contributed by atoms with Crippen molar-refractivity contribution >= 4 is 34.5 Å². The first kappa shape index (κ1) is 20.2. The Labute approximate surface area is 175 Å². The van der Waals surface area contributed by atoms with Crippen molar-refractivity contribution in [2.45, 2.75) is 63.3 Å². The number of rotatable bonds is 5. The molecular formula is C23H28N2O3S. The molecule has 0 bridgehead atoms. The molecule has 1 amide bonds. The van der Waals surface area contributed by atoms with Crippen molar-refractivity contribution < 1.29 is 14.7 Å². The number of nitrogens with one attached hydrogen (secondary N) is 1. The third-order valence-electron chi connectivity index (χ3n) is 6.59. The number of pyridine rings is 1. The molecule has 154 valence electrons. The van der Waals surface area contributed by atoms with Gasteiger partial charge in [0.1, 0.15) is 0 Å². The molecule has 0 saturated heterocycles. The molecule has 0 spiro atoms. The molecule has 1 aromatic heterocycles. The molecule has 0 radical (unpaired) electrons. The van der Waals surface area contributed by atoms with Crippen molar-refractivity contribution in [1.29, 1.82) is 0 Å². The van der Waals surface area contributed by atoms with Crippen LogP contribution in [-0.4, -0.2) is 33.8 Å². The third kappa shape index (κ3) is 4.13. The number of amides is 1. The van der Waals surface area contributed by atoms with Crippen molar-refractivity contribution in [3.8, 4) is 0 Å². The predicted octanol–water partition coefficient (Wildman–Crippen LogP) is 4.45. The van der Waals surface area contributed by atoms with E-state index in [2.05, 4.69) is 19.2 Å². The number of carboxylic acid groups (broad SMARTS) is 1. The van der Waals surface area contributed by atoms with Gasteiger partial charge in [0.15, 0.2) is 0 Å². The summed E-state index contributed by atoms with van der Waals surface area (Å²) in [5.74, 6) is 0.279. The van der Waals surface area contributed by atoms with E-state index in [1.807, 2.05) is 18.2 Å². The van der Waals surface area contributed by atoms with Gasteiger partial charge in [0.25, 0.3) is 5.91 Å². The Bertz CT molecular complexity index is 959. The zero-order chi connectivity index (χ0) is 20.5. The second-order valence-corrected chi connectivity index (χ2v) is 9.47. The number of nitrogens with zero attached hydrogens (tertiary/aromatic N) is 1. The average molecular weight is 413 g/mol. The van der Waals surface area contributed by atoms with Gasteiger partial charge in [-0.25, -0.2) is 0 Å². The van der Waals surface area contributed by atoms with Crippen LogP contribution in [0.5, 0.6) is 0 Å². The van der Waals surface area contributed by atoms with Gasteiger partial charge in [0.05, 0.1) is 11.3 Å². The van der Waals surface area contributed by atoms with Crippen LogP contribution in [0.2, 0.25) is 0 Å². The fraction of sp³-hybridized carbons (Fsp3) is 0.522. The Morgan fingerprint density at radius 2 is 2.03 bits per heavy atom. The van der Waals surface area contributed by atoms with E-state index < -0.39 is 5.97 Å². The summed E-state index contributed by atoms with van der Waals surface area (Å²) in [6, 6.07) is 5.87. The zero-order valence-electron chi connectivity index (χ0n) is 17.0. The van der Waals surface area contributed by atoms with E-state index in [-0.39, 0.29) is 17.7 Å². The standard InChI is InChI=1S/C23H28N2O3S/c1-13-5-3-7-18(14(13)2)25-23(28)15-9-10-17-20(11-15)24-19-8-4-6-16(19)22(17)29-12-21(26)27/h9-11,13-14,18H,3-8,12H2,1-2H3,(H,25,28)(H,26,27)/t13-,14+,18-/m1/s1. The van der Waals surface area contributed by atoms with E-state index in [0.717, 1.165) is 53.6 Å².